The number of nitrogens with zero attached hydrogens (tertiary/aromatic N) is 1. The van der Waals surface area contributed by atoms with Crippen molar-refractivity contribution in [2.75, 3.05) is 6.54 Å². The lowest BCUT2D eigenvalue weighted by Crippen LogP contribution is -2.38. The number of hydrogen-bond acceptors (Lipinski definition) is 3. The molecule has 0 unspecified atom stereocenters. The van der Waals surface area contributed by atoms with Crippen LogP contribution in [0.3, 0.4) is 0 Å². The minimum absolute atomic E-state index is 0.0474. The number of rotatable bonds is 4. The van der Waals surface area contributed by atoms with Gasteiger partial charge in [0.15, 0.2) is 0 Å². The molecule has 0 saturated heterocycles. The summed E-state index contributed by atoms with van der Waals surface area (Å²) in [5, 5.41) is 2.97. The highest BCUT2D eigenvalue weighted by Gasteiger charge is 2.29. The molecule has 0 bridgehead atoms. The Morgan fingerprint density at radius 1 is 1.15 bits per heavy atom. The number of para-hydroxylation sites is 1. The first kappa shape index (κ1) is 17.3. The van der Waals surface area contributed by atoms with E-state index in [0.717, 1.165) is 23.3 Å². The molecule has 0 fully saturated rings. The fourth-order valence-corrected chi connectivity index (χ4v) is 3.76. The standard InChI is InChI=1S/C22H22N2O3/c1-15(25)24-11-10-16-6-2-4-8-19(16)20(24)13-22(26)23-14-18-12-17-7-3-5-9-21(17)27-18/h2-11,18,20H,12-14H2,1H3,(H,23,26)/t18-,20-/m1/s1. The van der Waals surface area contributed by atoms with E-state index in [-0.39, 0.29) is 30.4 Å². The first-order chi connectivity index (χ1) is 13.1. The Balaban J connectivity index is 1.40. The highest BCUT2D eigenvalue weighted by atomic mass is 16.5. The summed E-state index contributed by atoms with van der Waals surface area (Å²) in [4.78, 5) is 26.2. The van der Waals surface area contributed by atoms with E-state index >= 15 is 0 Å². The second-order valence-electron chi connectivity index (χ2n) is 6.95. The molecule has 27 heavy (non-hydrogen) atoms. The maximum atomic E-state index is 12.6. The molecule has 0 aliphatic carbocycles. The van der Waals surface area contributed by atoms with E-state index in [0.29, 0.717) is 6.54 Å². The predicted octanol–water partition coefficient (Wildman–Crippen LogP) is 3.07. The van der Waals surface area contributed by atoms with Gasteiger partial charge >= 0.3 is 0 Å². The van der Waals surface area contributed by atoms with Crippen molar-refractivity contribution < 1.29 is 14.3 Å². The average Bonchev–Trinajstić information content (AvgIpc) is 3.09. The Bertz CT molecular complexity index is 881. The number of carbonyl (C=O) groups excluding carboxylic acids is 2. The fourth-order valence-electron chi connectivity index (χ4n) is 3.76. The third-order valence-electron chi connectivity index (χ3n) is 5.09. The predicted molar refractivity (Wildman–Crippen MR) is 103 cm³/mol. The van der Waals surface area contributed by atoms with Gasteiger partial charge < -0.3 is 15.0 Å². The number of carbonyl (C=O) groups is 2. The Hall–Kier alpha value is -3.08. The van der Waals surface area contributed by atoms with Gasteiger partial charge in [0.2, 0.25) is 11.8 Å². The van der Waals surface area contributed by atoms with E-state index in [1.807, 2.05) is 54.6 Å². The van der Waals surface area contributed by atoms with Crippen LogP contribution in [-0.2, 0) is 16.0 Å². The van der Waals surface area contributed by atoms with Crippen LogP contribution in [0.2, 0.25) is 0 Å². The molecule has 2 amide bonds. The minimum Gasteiger partial charge on any atom is -0.488 e. The van der Waals surface area contributed by atoms with Crippen LogP contribution in [0.15, 0.2) is 54.7 Å². The third kappa shape index (κ3) is 3.58. The molecule has 2 aliphatic rings. The van der Waals surface area contributed by atoms with E-state index in [4.69, 9.17) is 4.74 Å². The molecule has 4 rings (SSSR count). The smallest absolute Gasteiger partial charge is 0.223 e. The lowest BCUT2D eigenvalue weighted by molar-refractivity contribution is -0.130. The van der Waals surface area contributed by atoms with E-state index in [1.165, 1.54) is 12.5 Å². The first-order valence-corrected chi connectivity index (χ1v) is 9.19. The lowest BCUT2D eigenvalue weighted by Gasteiger charge is -2.32. The summed E-state index contributed by atoms with van der Waals surface area (Å²) < 4.78 is 5.87. The van der Waals surface area contributed by atoms with E-state index in [2.05, 4.69) is 5.32 Å². The normalized spacial score (nSPS) is 19.8. The average molecular weight is 362 g/mol. The molecule has 0 radical (unpaired) electrons. The molecule has 1 N–H and O–H groups in total. The van der Waals surface area contributed by atoms with Gasteiger partial charge in [-0.25, -0.2) is 0 Å². The van der Waals surface area contributed by atoms with Crippen LogP contribution >= 0.6 is 0 Å². The molecule has 2 atom stereocenters. The molecule has 2 aromatic carbocycles. The van der Waals surface area contributed by atoms with Crippen LogP contribution in [0.5, 0.6) is 5.75 Å². The molecule has 2 aromatic rings. The topological polar surface area (TPSA) is 58.6 Å². The van der Waals surface area contributed by atoms with E-state index in [1.54, 1.807) is 11.1 Å². The van der Waals surface area contributed by atoms with Gasteiger partial charge in [0.05, 0.1) is 19.0 Å². The van der Waals surface area contributed by atoms with Crippen molar-refractivity contribution in [1.82, 2.24) is 10.2 Å². The largest absolute Gasteiger partial charge is 0.488 e. The summed E-state index contributed by atoms with van der Waals surface area (Å²) in [6.07, 6.45) is 4.65. The number of fused-ring (bicyclic) bond motifs is 2. The molecule has 2 heterocycles. The van der Waals surface area contributed by atoms with Gasteiger partial charge in [-0.05, 0) is 28.8 Å². The third-order valence-corrected chi connectivity index (χ3v) is 5.09. The van der Waals surface area contributed by atoms with Gasteiger partial charge in [0.25, 0.3) is 0 Å². The zero-order valence-electron chi connectivity index (χ0n) is 15.2. The molecule has 5 heteroatoms. The van der Waals surface area contributed by atoms with E-state index in [9.17, 15) is 9.59 Å². The molecule has 2 aliphatic heterocycles. The van der Waals surface area contributed by atoms with Crippen LogP contribution in [0.4, 0.5) is 0 Å². The Labute approximate surface area is 158 Å². The number of ether oxygens (including phenoxy) is 1. The summed E-state index contributed by atoms with van der Waals surface area (Å²) in [6.45, 7) is 1.98. The van der Waals surface area contributed by atoms with Crippen molar-refractivity contribution in [3.63, 3.8) is 0 Å². The number of nitrogens with one attached hydrogen (secondary N) is 1. The van der Waals surface area contributed by atoms with Crippen LogP contribution in [0.1, 0.15) is 36.1 Å². The molecule has 0 spiro atoms. The summed E-state index contributed by atoms with van der Waals surface area (Å²) in [5.41, 5.74) is 3.21. The first-order valence-electron chi connectivity index (χ1n) is 9.19. The van der Waals surface area contributed by atoms with Gasteiger partial charge in [-0.2, -0.15) is 0 Å². The summed E-state index contributed by atoms with van der Waals surface area (Å²) in [6, 6.07) is 15.5. The van der Waals surface area contributed by atoms with Gasteiger partial charge in [-0.1, -0.05) is 42.5 Å². The summed E-state index contributed by atoms with van der Waals surface area (Å²) in [7, 11) is 0. The van der Waals surface area contributed by atoms with Crippen molar-refractivity contribution in [1.29, 1.82) is 0 Å². The van der Waals surface area contributed by atoms with Gasteiger partial charge in [-0.3, -0.25) is 9.59 Å². The van der Waals surface area contributed by atoms with Crippen LogP contribution in [0, 0.1) is 0 Å². The highest BCUT2D eigenvalue weighted by molar-refractivity contribution is 5.81. The van der Waals surface area contributed by atoms with Crippen LogP contribution < -0.4 is 10.1 Å². The van der Waals surface area contributed by atoms with E-state index < -0.39 is 0 Å². The monoisotopic (exact) mass is 362 g/mol. The van der Waals surface area contributed by atoms with Crippen LogP contribution in [-0.4, -0.2) is 29.4 Å². The molecule has 5 nitrogen and oxygen atoms in total. The minimum atomic E-state index is -0.287. The van der Waals surface area contributed by atoms with Crippen molar-refractivity contribution in [2.24, 2.45) is 0 Å². The Kier molecular flexibility index (Phi) is 4.67. The van der Waals surface area contributed by atoms with Crippen molar-refractivity contribution in [2.45, 2.75) is 31.9 Å². The van der Waals surface area contributed by atoms with Gasteiger partial charge in [0, 0.05) is 19.5 Å². The quantitative estimate of drug-likeness (QED) is 0.909. The molecule has 0 aromatic heterocycles. The van der Waals surface area contributed by atoms with Crippen LogP contribution in [0.25, 0.3) is 6.08 Å². The SMILES string of the molecule is CC(=O)N1C=Cc2ccccc2[C@H]1CC(=O)NC[C@H]1Cc2ccccc2O1. The number of amides is 2. The number of hydrogen-bond donors (Lipinski definition) is 1. The van der Waals surface area contributed by atoms with Crippen molar-refractivity contribution >= 4 is 17.9 Å². The summed E-state index contributed by atoms with van der Waals surface area (Å²) >= 11 is 0. The molecular formula is C22H22N2O3. The molecule has 0 saturated carbocycles. The van der Waals surface area contributed by atoms with Crippen molar-refractivity contribution in [3.05, 3.63) is 71.4 Å². The fraction of sp³-hybridized carbons (Fsp3) is 0.273. The van der Waals surface area contributed by atoms with Gasteiger partial charge in [0.1, 0.15) is 11.9 Å². The maximum Gasteiger partial charge on any atom is 0.223 e. The summed E-state index contributed by atoms with van der Waals surface area (Å²) in [5.74, 6) is 0.731. The van der Waals surface area contributed by atoms with Crippen molar-refractivity contribution in [3.8, 4) is 5.75 Å². The number of benzene rings is 2. The Morgan fingerprint density at radius 2 is 1.93 bits per heavy atom. The maximum absolute atomic E-state index is 12.6. The molecule has 138 valence electrons. The second-order valence-corrected chi connectivity index (χ2v) is 6.95. The lowest BCUT2D eigenvalue weighted by atomic mass is 9.93. The zero-order valence-corrected chi connectivity index (χ0v) is 15.2. The zero-order chi connectivity index (χ0) is 18.8. The van der Waals surface area contributed by atoms with Gasteiger partial charge in [-0.15, -0.1) is 0 Å². The highest BCUT2D eigenvalue weighted by Crippen LogP contribution is 2.33. The molecular weight excluding hydrogens is 340 g/mol. The Morgan fingerprint density at radius 3 is 2.74 bits per heavy atom. The second kappa shape index (κ2) is 7.27.